The minimum absolute atomic E-state index is 0.274. The summed E-state index contributed by atoms with van der Waals surface area (Å²) in [5, 5.41) is 5.66. The predicted octanol–water partition coefficient (Wildman–Crippen LogP) is 4.95. The van der Waals surface area contributed by atoms with Gasteiger partial charge in [-0.1, -0.05) is 51.8 Å². The molecule has 1 aliphatic heterocycles. The molecule has 3 heterocycles. The Morgan fingerprint density at radius 3 is 2.61 bits per heavy atom. The van der Waals surface area contributed by atoms with Gasteiger partial charge in [0.25, 0.3) is 0 Å². The van der Waals surface area contributed by atoms with Gasteiger partial charge in [0.1, 0.15) is 11.6 Å². The summed E-state index contributed by atoms with van der Waals surface area (Å²) in [6.45, 7) is 9.74. The number of benzene rings is 1. The Bertz CT molecular complexity index is 1060. The number of nitrogens with zero attached hydrogens (tertiary/aromatic N) is 6. The Morgan fingerprint density at radius 2 is 1.85 bits per heavy atom. The number of rotatable bonds is 8. The fourth-order valence-corrected chi connectivity index (χ4v) is 4.56. The van der Waals surface area contributed by atoms with E-state index in [1.54, 1.807) is 0 Å². The molecule has 33 heavy (non-hydrogen) atoms. The van der Waals surface area contributed by atoms with Crippen molar-refractivity contribution in [2.75, 3.05) is 31.1 Å². The zero-order chi connectivity index (χ0) is 23.2. The van der Waals surface area contributed by atoms with Crippen molar-refractivity contribution in [2.45, 2.75) is 65.2 Å². The molecule has 1 aromatic carbocycles. The number of hydrogen-bond acceptors (Lipinski definition) is 5. The van der Waals surface area contributed by atoms with Crippen molar-refractivity contribution in [3.8, 4) is 5.69 Å². The molecule has 1 atom stereocenters. The smallest absolute Gasteiger partial charge is 0.222 e. The minimum Gasteiger partial charge on any atom is -0.354 e. The lowest BCUT2D eigenvalue weighted by molar-refractivity contribution is -0.131. The predicted molar refractivity (Wildman–Crippen MR) is 133 cm³/mol. The van der Waals surface area contributed by atoms with E-state index in [0.717, 1.165) is 86.6 Å². The maximum Gasteiger partial charge on any atom is 0.222 e. The van der Waals surface area contributed by atoms with Gasteiger partial charge in [-0.05, 0) is 31.4 Å². The van der Waals surface area contributed by atoms with Crippen molar-refractivity contribution in [3.63, 3.8) is 0 Å². The monoisotopic (exact) mass is 448 g/mol. The molecule has 1 saturated heterocycles. The topological polar surface area (TPSA) is 67.2 Å². The SMILES string of the molecule is CCCCC(=O)N1CCCN(c2nc(C(C)CCC)nc3c2cnn3-c2ccccc2)CC1. The summed E-state index contributed by atoms with van der Waals surface area (Å²) in [5.41, 5.74) is 1.85. The Hall–Kier alpha value is -2.96. The summed E-state index contributed by atoms with van der Waals surface area (Å²) in [7, 11) is 0. The van der Waals surface area contributed by atoms with Gasteiger partial charge in [-0.3, -0.25) is 4.79 Å². The highest BCUT2D eigenvalue weighted by Crippen LogP contribution is 2.29. The Labute approximate surface area is 196 Å². The maximum atomic E-state index is 12.6. The molecular weight excluding hydrogens is 412 g/mol. The van der Waals surface area contributed by atoms with Crippen molar-refractivity contribution in [1.82, 2.24) is 24.6 Å². The summed E-state index contributed by atoms with van der Waals surface area (Å²) in [4.78, 5) is 27.0. The molecule has 0 N–H and O–H groups in total. The zero-order valence-electron chi connectivity index (χ0n) is 20.2. The van der Waals surface area contributed by atoms with Crippen molar-refractivity contribution >= 4 is 22.8 Å². The quantitative estimate of drug-likeness (QED) is 0.488. The van der Waals surface area contributed by atoms with Crippen LogP contribution in [-0.2, 0) is 4.79 Å². The van der Waals surface area contributed by atoms with E-state index in [1.807, 2.05) is 34.0 Å². The first kappa shape index (κ1) is 23.2. The van der Waals surface area contributed by atoms with Gasteiger partial charge in [-0.2, -0.15) is 5.10 Å². The molecule has 0 spiro atoms. The number of aromatic nitrogens is 4. The van der Waals surface area contributed by atoms with Crippen molar-refractivity contribution < 1.29 is 4.79 Å². The number of carbonyl (C=O) groups is 1. The Balaban J connectivity index is 1.69. The molecule has 176 valence electrons. The van der Waals surface area contributed by atoms with E-state index in [9.17, 15) is 4.79 Å². The summed E-state index contributed by atoms with van der Waals surface area (Å²) < 4.78 is 1.92. The van der Waals surface area contributed by atoms with Crippen LogP contribution in [0.1, 0.15) is 71.0 Å². The standard InChI is InChI=1S/C26H36N6O/c1-4-6-14-23(33)30-15-10-16-31(18-17-30)25-22-19-27-32(21-12-8-7-9-13-21)26(22)29-24(28-25)20(3)11-5-2/h7-9,12-13,19-20H,4-6,10-11,14-18H2,1-3H3. The van der Waals surface area contributed by atoms with Crippen LogP contribution in [0.3, 0.4) is 0 Å². The minimum atomic E-state index is 0.274. The molecule has 1 fully saturated rings. The molecule has 0 aliphatic carbocycles. The molecule has 0 bridgehead atoms. The van der Waals surface area contributed by atoms with E-state index in [2.05, 4.69) is 37.8 Å². The first-order valence-corrected chi connectivity index (χ1v) is 12.5. The van der Waals surface area contributed by atoms with E-state index in [1.165, 1.54) is 0 Å². The number of carbonyl (C=O) groups excluding carboxylic acids is 1. The normalized spacial score (nSPS) is 15.6. The number of hydrogen-bond donors (Lipinski definition) is 0. The lowest BCUT2D eigenvalue weighted by Crippen LogP contribution is -2.35. The summed E-state index contributed by atoms with van der Waals surface area (Å²) >= 11 is 0. The second-order valence-corrected chi connectivity index (χ2v) is 9.05. The number of amides is 1. The van der Waals surface area contributed by atoms with E-state index in [0.29, 0.717) is 6.42 Å². The van der Waals surface area contributed by atoms with Crippen LogP contribution >= 0.6 is 0 Å². The van der Waals surface area contributed by atoms with Crippen LogP contribution in [0.5, 0.6) is 0 Å². The second kappa shape index (κ2) is 10.8. The maximum absolute atomic E-state index is 12.6. The molecule has 1 unspecified atom stereocenters. The van der Waals surface area contributed by atoms with Crippen molar-refractivity contribution in [1.29, 1.82) is 0 Å². The highest BCUT2D eigenvalue weighted by Gasteiger charge is 2.24. The van der Waals surface area contributed by atoms with Gasteiger partial charge in [0.2, 0.25) is 5.91 Å². The average Bonchev–Trinajstić information content (AvgIpc) is 3.11. The van der Waals surface area contributed by atoms with E-state index < -0.39 is 0 Å². The molecule has 3 aromatic rings. The molecule has 1 aliphatic rings. The van der Waals surface area contributed by atoms with E-state index >= 15 is 0 Å². The van der Waals surface area contributed by atoms with Gasteiger partial charge in [0, 0.05) is 38.5 Å². The third-order valence-corrected chi connectivity index (χ3v) is 6.48. The fourth-order valence-electron chi connectivity index (χ4n) is 4.56. The van der Waals surface area contributed by atoms with Gasteiger partial charge in [-0.15, -0.1) is 0 Å². The zero-order valence-corrected chi connectivity index (χ0v) is 20.2. The van der Waals surface area contributed by atoms with Crippen LogP contribution < -0.4 is 4.90 Å². The number of para-hydroxylation sites is 1. The Kier molecular flexibility index (Phi) is 7.57. The molecular formula is C26H36N6O. The number of anilines is 1. The molecule has 7 nitrogen and oxygen atoms in total. The van der Waals surface area contributed by atoms with Gasteiger partial charge >= 0.3 is 0 Å². The molecule has 7 heteroatoms. The van der Waals surface area contributed by atoms with Crippen LogP contribution in [0.4, 0.5) is 5.82 Å². The average molecular weight is 449 g/mol. The van der Waals surface area contributed by atoms with Crippen molar-refractivity contribution in [3.05, 3.63) is 42.4 Å². The highest BCUT2D eigenvalue weighted by atomic mass is 16.2. The van der Waals surface area contributed by atoms with Crippen molar-refractivity contribution in [2.24, 2.45) is 0 Å². The highest BCUT2D eigenvalue weighted by molar-refractivity contribution is 5.88. The van der Waals surface area contributed by atoms with E-state index in [4.69, 9.17) is 15.1 Å². The third kappa shape index (κ3) is 5.18. The number of fused-ring (bicyclic) bond motifs is 1. The second-order valence-electron chi connectivity index (χ2n) is 9.05. The van der Waals surface area contributed by atoms with Crippen LogP contribution in [0.15, 0.2) is 36.5 Å². The van der Waals surface area contributed by atoms with Gasteiger partial charge in [0.05, 0.1) is 17.3 Å². The molecule has 1 amide bonds. The number of unbranched alkanes of at least 4 members (excludes halogenated alkanes) is 1. The summed E-state index contributed by atoms with van der Waals surface area (Å²) in [5.74, 6) is 2.37. The lowest BCUT2D eigenvalue weighted by Gasteiger charge is -2.24. The summed E-state index contributed by atoms with van der Waals surface area (Å²) in [6.07, 6.45) is 7.63. The van der Waals surface area contributed by atoms with Gasteiger partial charge in [0.15, 0.2) is 5.65 Å². The van der Waals surface area contributed by atoms with Crippen LogP contribution in [-0.4, -0.2) is 56.7 Å². The van der Waals surface area contributed by atoms with Gasteiger partial charge in [-0.25, -0.2) is 14.6 Å². The van der Waals surface area contributed by atoms with Crippen LogP contribution in [0.25, 0.3) is 16.7 Å². The fraction of sp³-hybridized carbons (Fsp3) is 0.538. The first-order valence-electron chi connectivity index (χ1n) is 12.5. The third-order valence-electron chi connectivity index (χ3n) is 6.48. The molecule has 0 saturated carbocycles. The van der Waals surface area contributed by atoms with E-state index in [-0.39, 0.29) is 11.8 Å². The largest absolute Gasteiger partial charge is 0.354 e. The molecule has 2 aromatic heterocycles. The van der Waals surface area contributed by atoms with Crippen LogP contribution in [0, 0.1) is 0 Å². The molecule has 0 radical (unpaired) electrons. The summed E-state index contributed by atoms with van der Waals surface area (Å²) in [6, 6.07) is 10.1. The molecule has 4 rings (SSSR count). The lowest BCUT2D eigenvalue weighted by atomic mass is 10.1. The van der Waals surface area contributed by atoms with Crippen LogP contribution in [0.2, 0.25) is 0 Å². The Morgan fingerprint density at radius 1 is 1.03 bits per heavy atom. The first-order chi connectivity index (χ1) is 16.1. The van der Waals surface area contributed by atoms with Gasteiger partial charge < -0.3 is 9.80 Å².